The summed E-state index contributed by atoms with van der Waals surface area (Å²) < 4.78 is 5.66. The van der Waals surface area contributed by atoms with Crippen LogP contribution in [-0.4, -0.2) is 12.6 Å². The number of anilines is 1. The largest absolute Gasteiger partial charge is 0.492 e. The Hall–Kier alpha value is -0.890. The average molecular weight is 282 g/mol. The van der Waals surface area contributed by atoms with Crippen LogP contribution < -0.4 is 10.1 Å². The number of nitrogens with one attached hydrogen (secondary N) is 1. The predicted molar refractivity (Wildman–Crippen MR) is 82.2 cm³/mol. The lowest BCUT2D eigenvalue weighted by Crippen LogP contribution is -2.30. The molecule has 0 radical (unpaired) electrons. The van der Waals surface area contributed by atoms with Crippen molar-refractivity contribution >= 4 is 17.3 Å². The highest BCUT2D eigenvalue weighted by Crippen LogP contribution is 2.34. The van der Waals surface area contributed by atoms with Crippen LogP contribution >= 0.6 is 11.6 Å². The van der Waals surface area contributed by atoms with Gasteiger partial charge >= 0.3 is 0 Å². The number of hydrogen-bond donors (Lipinski definition) is 1. The molecule has 2 rings (SSSR count). The average Bonchev–Trinajstić information content (AvgIpc) is 2.37. The molecule has 0 amide bonds. The second-order valence-electron chi connectivity index (χ2n) is 5.68. The Bertz CT molecular complexity index is 421. The van der Waals surface area contributed by atoms with E-state index < -0.39 is 0 Å². The zero-order valence-corrected chi connectivity index (χ0v) is 12.8. The fraction of sp³-hybridized carbons (Fsp3) is 0.625. The molecule has 0 aromatic heterocycles. The predicted octanol–water partition coefficient (Wildman–Crippen LogP) is 4.98. The molecule has 0 spiro atoms. The molecule has 1 saturated carbocycles. The summed E-state index contributed by atoms with van der Waals surface area (Å²) in [7, 11) is 0. The number of rotatable bonds is 4. The van der Waals surface area contributed by atoms with Crippen molar-refractivity contribution in [1.82, 2.24) is 0 Å². The van der Waals surface area contributed by atoms with Crippen molar-refractivity contribution in [3.05, 3.63) is 23.2 Å². The van der Waals surface area contributed by atoms with Crippen molar-refractivity contribution in [3.8, 4) is 5.75 Å². The summed E-state index contributed by atoms with van der Waals surface area (Å²) in [6.45, 7) is 7.38. The highest BCUT2D eigenvalue weighted by molar-refractivity contribution is 6.30. The molecule has 1 aromatic carbocycles. The molecule has 3 unspecified atom stereocenters. The standard InChI is InChI=1S/C16H24ClNO/c1-4-19-16-8-6-13(17)10-15(16)18-14-7-5-11(2)12(3)9-14/h6,8,10-12,14,18H,4-5,7,9H2,1-3H3. The minimum atomic E-state index is 0.531. The van der Waals surface area contributed by atoms with E-state index in [0.717, 1.165) is 28.3 Å². The Labute approximate surface area is 121 Å². The van der Waals surface area contributed by atoms with E-state index >= 15 is 0 Å². The lowest BCUT2D eigenvalue weighted by atomic mass is 9.79. The van der Waals surface area contributed by atoms with Gasteiger partial charge in [-0.05, 0) is 56.2 Å². The molecule has 3 atom stereocenters. The maximum atomic E-state index is 6.09. The molecular weight excluding hydrogens is 258 g/mol. The molecule has 0 heterocycles. The Morgan fingerprint density at radius 3 is 2.74 bits per heavy atom. The Kier molecular flexibility index (Phi) is 4.98. The topological polar surface area (TPSA) is 21.3 Å². The highest BCUT2D eigenvalue weighted by atomic mass is 35.5. The van der Waals surface area contributed by atoms with Crippen molar-refractivity contribution in [2.24, 2.45) is 11.8 Å². The van der Waals surface area contributed by atoms with Crippen molar-refractivity contribution < 1.29 is 4.74 Å². The SMILES string of the molecule is CCOc1ccc(Cl)cc1NC1CCC(C)C(C)C1. The van der Waals surface area contributed by atoms with Crippen LogP contribution in [0.3, 0.4) is 0 Å². The van der Waals surface area contributed by atoms with Crippen molar-refractivity contribution in [1.29, 1.82) is 0 Å². The first-order valence-electron chi connectivity index (χ1n) is 7.29. The smallest absolute Gasteiger partial charge is 0.142 e. The van der Waals surface area contributed by atoms with Crippen molar-refractivity contribution in [2.45, 2.75) is 46.1 Å². The zero-order chi connectivity index (χ0) is 13.8. The van der Waals surface area contributed by atoms with Gasteiger partial charge in [0.05, 0.1) is 12.3 Å². The molecule has 1 aliphatic carbocycles. The minimum Gasteiger partial charge on any atom is -0.492 e. The molecule has 1 aromatic rings. The quantitative estimate of drug-likeness (QED) is 0.841. The summed E-state index contributed by atoms with van der Waals surface area (Å²) in [5.74, 6) is 2.52. The van der Waals surface area contributed by atoms with Gasteiger partial charge in [-0.25, -0.2) is 0 Å². The lowest BCUT2D eigenvalue weighted by Gasteiger charge is -2.33. The Morgan fingerprint density at radius 1 is 1.26 bits per heavy atom. The summed E-state index contributed by atoms with van der Waals surface area (Å²) in [5, 5.41) is 4.37. The van der Waals surface area contributed by atoms with Crippen LogP contribution in [0.5, 0.6) is 5.75 Å². The molecule has 3 heteroatoms. The van der Waals surface area contributed by atoms with E-state index in [-0.39, 0.29) is 0 Å². The zero-order valence-electron chi connectivity index (χ0n) is 12.1. The highest BCUT2D eigenvalue weighted by Gasteiger charge is 2.24. The molecule has 0 saturated heterocycles. The van der Waals surface area contributed by atoms with Gasteiger partial charge in [-0.2, -0.15) is 0 Å². The summed E-state index contributed by atoms with van der Waals surface area (Å²) in [4.78, 5) is 0. The first-order valence-corrected chi connectivity index (χ1v) is 7.66. The van der Waals surface area contributed by atoms with Crippen LogP contribution in [0.1, 0.15) is 40.0 Å². The molecule has 1 aliphatic rings. The van der Waals surface area contributed by atoms with Gasteiger partial charge in [0.25, 0.3) is 0 Å². The van der Waals surface area contributed by atoms with E-state index in [4.69, 9.17) is 16.3 Å². The molecule has 2 nitrogen and oxygen atoms in total. The Morgan fingerprint density at radius 2 is 2.05 bits per heavy atom. The van der Waals surface area contributed by atoms with Crippen molar-refractivity contribution in [2.75, 3.05) is 11.9 Å². The minimum absolute atomic E-state index is 0.531. The maximum Gasteiger partial charge on any atom is 0.142 e. The van der Waals surface area contributed by atoms with Crippen LogP contribution in [0.4, 0.5) is 5.69 Å². The van der Waals surface area contributed by atoms with Crippen LogP contribution in [0, 0.1) is 11.8 Å². The maximum absolute atomic E-state index is 6.09. The molecule has 1 fully saturated rings. The molecule has 0 bridgehead atoms. The van der Waals surface area contributed by atoms with E-state index in [0.29, 0.717) is 12.6 Å². The number of hydrogen-bond acceptors (Lipinski definition) is 2. The van der Waals surface area contributed by atoms with Gasteiger partial charge in [0, 0.05) is 11.1 Å². The van der Waals surface area contributed by atoms with Gasteiger partial charge < -0.3 is 10.1 Å². The van der Waals surface area contributed by atoms with Gasteiger partial charge in [0.15, 0.2) is 0 Å². The fourth-order valence-corrected chi connectivity index (χ4v) is 2.97. The van der Waals surface area contributed by atoms with Crippen LogP contribution in [-0.2, 0) is 0 Å². The van der Waals surface area contributed by atoms with E-state index in [1.165, 1.54) is 19.3 Å². The summed E-state index contributed by atoms with van der Waals surface area (Å²) in [6, 6.07) is 6.32. The van der Waals surface area contributed by atoms with Gasteiger partial charge in [-0.3, -0.25) is 0 Å². The monoisotopic (exact) mass is 281 g/mol. The first kappa shape index (κ1) is 14.5. The normalized spacial score (nSPS) is 27.1. The van der Waals surface area contributed by atoms with Gasteiger partial charge in [-0.1, -0.05) is 25.4 Å². The summed E-state index contributed by atoms with van der Waals surface area (Å²) in [5.41, 5.74) is 1.03. The third kappa shape index (κ3) is 3.79. The first-order chi connectivity index (χ1) is 9.10. The van der Waals surface area contributed by atoms with Crippen molar-refractivity contribution in [3.63, 3.8) is 0 Å². The molecule has 1 N–H and O–H groups in total. The fourth-order valence-electron chi connectivity index (χ4n) is 2.79. The molecular formula is C16H24ClNO. The van der Waals surface area contributed by atoms with Crippen LogP contribution in [0.25, 0.3) is 0 Å². The van der Waals surface area contributed by atoms with Gasteiger partial charge in [-0.15, -0.1) is 0 Å². The molecule has 0 aliphatic heterocycles. The Balaban J connectivity index is 2.07. The number of halogens is 1. The summed E-state index contributed by atoms with van der Waals surface area (Å²) in [6.07, 6.45) is 3.74. The van der Waals surface area contributed by atoms with E-state index in [2.05, 4.69) is 19.2 Å². The lowest BCUT2D eigenvalue weighted by molar-refractivity contribution is 0.260. The van der Waals surface area contributed by atoms with Crippen LogP contribution in [0.2, 0.25) is 5.02 Å². The second-order valence-corrected chi connectivity index (χ2v) is 6.12. The second kappa shape index (κ2) is 6.51. The van der Waals surface area contributed by atoms with E-state index in [1.807, 2.05) is 25.1 Å². The summed E-state index contributed by atoms with van der Waals surface area (Å²) >= 11 is 6.09. The third-order valence-electron chi connectivity index (χ3n) is 4.20. The van der Waals surface area contributed by atoms with E-state index in [9.17, 15) is 0 Å². The molecule has 106 valence electrons. The molecule has 19 heavy (non-hydrogen) atoms. The third-order valence-corrected chi connectivity index (χ3v) is 4.43. The number of ether oxygens (including phenoxy) is 1. The van der Waals surface area contributed by atoms with Gasteiger partial charge in [0.2, 0.25) is 0 Å². The van der Waals surface area contributed by atoms with Crippen LogP contribution in [0.15, 0.2) is 18.2 Å². The van der Waals surface area contributed by atoms with Gasteiger partial charge in [0.1, 0.15) is 5.75 Å². The van der Waals surface area contributed by atoms with E-state index in [1.54, 1.807) is 0 Å². The number of benzene rings is 1.